The van der Waals surface area contributed by atoms with Gasteiger partial charge < -0.3 is 19.5 Å². The van der Waals surface area contributed by atoms with Gasteiger partial charge in [0.25, 0.3) is 11.8 Å². The van der Waals surface area contributed by atoms with Crippen molar-refractivity contribution in [1.29, 1.82) is 0 Å². The first-order valence-corrected chi connectivity index (χ1v) is 11.2. The molecule has 0 aliphatic heterocycles. The number of carbonyl (C=O) groups is 2. The minimum atomic E-state index is -0.319. The van der Waals surface area contributed by atoms with Crippen LogP contribution in [0.4, 0.5) is 5.69 Å². The van der Waals surface area contributed by atoms with E-state index in [1.54, 1.807) is 42.3 Å². The Hall–Kier alpha value is -4.13. The molecule has 7 nitrogen and oxygen atoms in total. The first-order valence-electron chi connectivity index (χ1n) is 11.2. The van der Waals surface area contributed by atoms with Gasteiger partial charge >= 0.3 is 0 Å². The summed E-state index contributed by atoms with van der Waals surface area (Å²) < 4.78 is 7.30. The molecule has 0 saturated heterocycles. The van der Waals surface area contributed by atoms with Crippen LogP contribution in [-0.2, 0) is 20.0 Å². The molecule has 1 N–H and O–H groups in total. The standard InChI is InChI=1S/C27H28N4O3/c1-5-24-28-21-15-19(27(33)30(2)17-18-11-7-6-8-12-18)16-22(25(21)31(24)3)29-26(32)20-13-9-10-14-23(20)34-4/h6-16H,5,17H2,1-4H3,(H,29,32). The molecule has 1 aromatic heterocycles. The molecule has 3 aromatic carbocycles. The van der Waals surface area contributed by atoms with E-state index in [1.807, 2.05) is 54.9 Å². The predicted octanol–water partition coefficient (Wildman–Crippen LogP) is 4.67. The van der Waals surface area contributed by atoms with Crippen molar-refractivity contribution in [3.05, 3.63) is 89.2 Å². The summed E-state index contributed by atoms with van der Waals surface area (Å²) in [4.78, 5) is 32.9. The highest BCUT2D eigenvalue weighted by Gasteiger charge is 2.21. The van der Waals surface area contributed by atoms with Crippen LogP contribution in [-0.4, -0.2) is 40.4 Å². The largest absolute Gasteiger partial charge is 0.496 e. The molecule has 4 aromatic rings. The highest BCUT2D eigenvalue weighted by atomic mass is 16.5. The third-order valence-electron chi connectivity index (χ3n) is 5.83. The number of ether oxygens (including phenoxy) is 1. The van der Waals surface area contributed by atoms with Crippen molar-refractivity contribution in [3.8, 4) is 5.75 Å². The average molecular weight is 457 g/mol. The second-order valence-electron chi connectivity index (χ2n) is 8.13. The average Bonchev–Trinajstić information content (AvgIpc) is 3.19. The van der Waals surface area contributed by atoms with Crippen molar-refractivity contribution < 1.29 is 14.3 Å². The first kappa shape index (κ1) is 23.0. The number of nitrogens with zero attached hydrogens (tertiary/aromatic N) is 3. The van der Waals surface area contributed by atoms with E-state index in [9.17, 15) is 9.59 Å². The number of amides is 2. The lowest BCUT2D eigenvalue weighted by Crippen LogP contribution is -2.26. The lowest BCUT2D eigenvalue weighted by Gasteiger charge is -2.18. The quantitative estimate of drug-likeness (QED) is 0.439. The van der Waals surface area contributed by atoms with Gasteiger partial charge in [-0.2, -0.15) is 0 Å². The maximum Gasteiger partial charge on any atom is 0.259 e. The zero-order chi connectivity index (χ0) is 24.2. The van der Waals surface area contributed by atoms with Crippen LogP contribution < -0.4 is 10.1 Å². The van der Waals surface area contributed by atoms with Gasteiger partial charge in [-0.15, -0.1) is 0 Å². The Bertz CT molecular complexity index is 1350. The first-order chi connectivity index (χ1) is 16.4. The number of rotatable bonds is 7. The number of aromatic nitrogens is 2. The summed E-state index contributed by atoms with van der Waals surface area (Å²) in [7, 11) is 5.21. The number of carbonyl (C=O) groups excluding carboxylic acids is 2. The Balaban J connectivity index is 1.73. The van der Waals surface area contributed by atoms with Crippen molar-refractivity contribution in [3.63, 3.8) is 0 Å². The van der Waals surface area contributed by atoms with Crippen LogP contribution in [0.3, 0.4) is 0 Å². The number of nitrogens with one attached hydrogen (secondary N) is 1. The van der Waals surface area contributed by atoms with E-state index in [1.165, 1.54) is 7.11 Å². The Kier molecular flexibility index (Phi) is 6.63. The smallest absolute Gasteiger partial charge is 0.259 e. The molecule has 0 saturated carbocycles. The lowest BCUT2D eigenvalue weighted by atomic mass is 10.1. The fourth-order valence-electron chi connectivity index (χ4n) is 4.11. The van der Waals surface area contributed by atoms with Gasteiger partial charge in [0.15, 0.2) is 0 Å². The van der Waals surface area contributed by atoms with Crippen molar-refractivity contribution in [2.24, 2.45) is 7.05 Å². The highest BCUT2D eigenvalue weighted by Crippen LogP contribution is 2.29. The number of hydrogen-bond donors (Lipinski definition) is 1. The zero-order valence-electron chi connectivity index (χ0n) is 19.8. The second-order valence-corrected chi connectivity index (χ2v) is 8.13. The SMILES string of the molecule is CCc1nc2cc(C(=O)N(C)Cc3ccccc3)cc(NC(=O)c3ccccc3OC)c2n1C. The minimum Gasteiger partial charge on any atom is -0.496 e. The van der Waals surface area contributed by atoms with Gasteiger partial charge in [-0.25, -0.2) is 4.98 Å². The number of benzene rings is 3. The monoisotopic (exact) mass is 456 g/mol. The topological polar surface area (TPSA) is 76.5 Å². The number of fused-ring (bicyclic) bond motifs is 1. The van der Waals surface area contributed by atoms with E-state index in [-0.39, 0.29) is 11.8 Å². The maximum atomic E-state index is 13.3. The van der Waals surface area contributed by atoms with E-state index >= 15 is 0 Å². The summed E-state index contributed by atoms with van der Waals surface area (Å²) in [6.07, 6.45) is 0.724. The third-order valence-corrected chi connectivity index (χ3v) is 5.83. The molecule has 7 heteroatoms. The molecule has 0 unspecified atom stereocenters. The molecule has 0 aliphatic rings. The molecule has 1 heterocycles. The van der Waals surface area contributed by atoms with E-state index in [0.717, 1.165) is 23.3 Å². The maximum absolute atomic E-state index is 13.3. The van der Waals surface area contributed by atoms with Crippen LogP contribution in [0.15, 0.2) is 66.7 Å². The summed E-state index contributed by atoms with van der Waals surface area (Å²) in [5.74, 6) is 0.873. The van der Waals surface area contributed by atoms with Crippen LogP contribution in [0.2, 0.25) is 0 Å². The van der Waals surface area contributed by atoms with E-state index in [4.69, 9.17) is 9.72 Å². The molecule has 2 amide bonds. The Morgan fingerprint density at radius 1 is 1.06 bits per heavy atom. The number of para-hydroxylation sites is 1. The third kappa shape index (κ3) is 4.50. The molecular formula is C27H28N4O3. The van der Waals surface area contributed by atoms with Gasteiger partial charge in [0.2, 0.25) is 0 Å². The zero-order valence-corrected chi connectivity index (χ0v) is 19.8. The van der Waals surface area contributed by atoms with Crippen LogP contribution in [0, 0.1) is 0 Å². The summed E-state index contributed by atoms with van der Waals surface area (Å²) in [6, 6.07) is 20.4. The van der Waals surface area contributed by atoms with Crippen LogP contribution in [0.25, 0.3) is 11.0 Å². The molecule has 174 valence electrons. The summed E-state index contributed by atoms with van der Waals surface area (Å²) in [6.45, 7) is 2.50. The van der Waals surface area contributed by atoms with E-state index in [0.29, 0.717) is 34.6 Å². The molecule has 0 radical (unpaired) electrons. The highest BCUT2D eigenvalue weighted by molar-refractivity contribution is 6.11. The number of hydrogen-bond acceptors (Lipinski definition) is 4. The fourth-order valence-corrected chi connectivity index (χ4v) is 4.11. The van der Waals surface area contributed by atoms with Gasteiger partial charge in [0.05, 0.1) is 29.4 Å². The van der Waals surface area contributed by atoms with Gasteiger partial charge in [-0.3, -0.25) is 9.59 Å². The minimum absolute atomic E-state index is 0.151. The second kappa shape index (κ2) is 9.79. The van der Waals surface area contributed by atoms with Gasteiger partial charge in [0, 0.05) is 32.6 Å². The van der Waals surface area contributed by atoms with Crippen LogP contribution in [0.1, 0.15) is 39.0 Å². The van der Waals surface area contributed by atoms with Gasteiger partial charge in [0.1, 0.15) is 11.6 Å². The van der Waals surface area contributed by atoms with Gasteiger partial charge in [-0.05, 0) is 29.8 Å². The van der Waals surface area contributed by atoms with Crippen molar-refractivity contribution in [2.45, 2.75) is 19.9 Å². The summed E-state index contributed by atoms with van der Waals surface area (Å²) in [5.41, 5.74) is 3.86. The van der Waals surface area contributed by atoms with Crippen molar-refractivity contribution in [1.82, 2.24) is 14.5 Å². The van der Waals surface area contributed by atoms with E-state index < -0.39 is 0 Å². The molecule has 0 aliphatic carbocycles. The van der Waals surface area contributed by atoms with Crippen LogP contribution in [0.5, 0.6) is 5.75 Å². The molecule has 4 rings (SSSR count). The molecule has 0 atom stereocenters. The molecular weight excluding hydrogens is 428 g/mol. The van der Waals surface area contributed by atoms with Crippen molar-refractivity contribution in [2.75, 3.05) is 19.5 Å². The number of anilines is 1. The Morgan fingerprint density at radius 3 is 2.47 bits per heavy atom. The van der Waals surface area contributed by atoms with Crippen molar-refractivity contribution >= 4 is 28.5 Å². The molecule has 0 fully saturated rings. The molecule has 0 bridgehead atoms. The number of methoxy groups -OCH3 is 1. The summed E-state index contributed by atoms with van der Waals surface area (Å²) >= 11 is 0. The predicted molar refractivity (Wildman–Crippen MR) is 133 cm³/mol. The lowest BCUT2D eigenvalue weighted by molar-refractivity contribution is 0.0785. The summed E-state index contributed by atoms with van der Waals surface area (Å²) in [5, 5.41) is 2.99. The Labute approximate surface area is 199 Å². The number of aryl methyl sites for hydroxylation is 2. The Morgan fingerprint density at radius 2 is 1.76 bits per heavy atom. The molecule has 34 heavy (non-hydrogen) atoms. The van der Waals surface area contributed by atoms with Gasteiger partial charge in [-0.1, -0.05) is 49.4 Å². The fraction of sp³-hybridized carbons (Fsp3) is 0.222. The van der Waals surface area contributed by atoms with Crippen LogP contribution >= 0.6 is 0 Å². The normalized spacial score (nSPS) is 10.8. The molecule has 0 spiro atoms. The van der Waals surface area contributed by atoms with E-state index in [2.05, 4.69) is 5.32 Å². The number of imidazole rings is 1.